The van der Waals surface area contributed by atoms with E-state index < -0.39 is 11.6 Å². The highest BCUT2D eigenvalue weighted by Gasteiger charge is 2.50. The molecule has 1 aromatic carbocycles. The third kappa shape index (κ3) is 3.14. The van der Waals surface area contributed by atoms with Crippen LogP contribution >= 0.6 is 0 Å². The van der Waals surface area contributed by atoms with Gasteiger partial charge in [0.15, 0.2) is 5.78 Å². The van der Waals surface area contributed by atoms with Crippen LogP contribution in [0.15, 0.2) is 24.3 Å². The maximum Gasteiger partial charge on any atom is 0.408 e. The molecule has 0 saturated heterocycles. The van der Waals surface area contributed by atoms with Gasteiger partial charge < -0.3 is 9.84 Å². The highest BCUT2D eigenvalue weighted by Crippen LogP contribution is 2.44. The number of benzene rings is 1. The molecule has 0 atom stereocenters. The second kappa shape index (κ2) is 5.83. The largest absolute Gasteiger partial charge is 0.497 e. The first-order chi connectivity index (χ1) is 10.0. The summed E-state index contributed by atoms with van der Waals surface area (Å²) in [6.45, 7) is -0.246. The van der Waals surface area contributed by atoms with Crippen molar-refractivity contribution in [2.45, 2.75) is 24.8 Å². The van der Waals surface area contributed by atoms with Crippen LogP contribution in [-0.4, -0.2) is 41.1 Å². The lowest BCUT2D eigenvalue weighted by Crippen LogP contribution is -2.44. The van der Waals surface area contributed by atoms with Crippen LogP contribution in [0, 0.1) is 11.3 Å². The average molecular weight is 288 g/mol. The van der Waals surface area contributed by atoms with Crippen molar-refractivity contribution in [3.8, 4) is 11.8 Å². The van der Waals surface area contributed by atoms with Crippen molar-refractivity contribution < 1.29 is 19.4 Å². The summed E-state index contributed by atoms with van der Waals surface area (Å²) >= 11 is 0. The Kier molecular flexibility index (Phi) is 4.13. The predicted octanol–water partition coefficient (Wildman–Crippen LogP) is 2.30. The van der Waals surface area contributed by atoms with Gasteiger partial charge in [0.1, 0.15) is 5.75 Å². The number of methoxy groups -OCH3 is 1. The Hall–Kier alpha value is -2.55. The number of hydrogen-bond acceptors (Lipinski definition) is 4. The highest BCUT2D eigenvalue weighted by atomic mass is 16.5. The van der Waals surface area contributed by atoms with E-state index in [1.807, 2.05) is 6.07 Å². The standard InChI is InChI=1S/C15H16N2O4/c1-21-12-4-2-3-11(9-12)13(18)10-17(14(19)20)15(5-6-15)7-8-16/h2-4,9H,5-7,10H2,1H3,(H,19,20). The molecule has 110 valence electrons. The van der Waals surface area contributed by atoms with E-state index in [2.05, 4.69) is 0 Å². The van der Waals surface area contributed by atoms with Gasteiger partial charge in [-0.1, -0.05) is 12.1 Å². The number of Topliss-reactive ketones (excluding diaryl/α,β-unsaturated/α-hetero) is 1. The first-order valence-electron chi connectivity index (χ1n) is 6.57. The number of carbonyl (C=O) groups is 2. The van der Waals surface area contributed by atoms with Crippen molar-refractivity contribution in [1.82, 2.24) is 4.90 Å². The third-order valence-electron chi connectivity index (χ3n) is 3.73. The van der Waals surface area contributed by atoms with Crippen LogP contribution < -0.4 is 4.74 Å². The normalized spacial score (nSPS) is 14.9. The molecular formula is C15H16N2O4. The number of ketones is 1. The van der Waals surface area contributed by atoms with Gasteiger partial charge in [0.25, 0.3) is 0 Å². The Bertz CT molecular complexity index is 602. The van der Waals surface area contributed by atoms with E-state index in [1.54, 1.807) is 24.3 Å². The SMILES string of the molecule is COc1cccc(C(=O)CN(C(=O)O)C2(CC#N)CC2)c1. The molecule has 6 heteroatoms. The Morgan fingerprint density at radius 2 is 2.19 bits per heavy atom. The zero-order valence-corrected chi connectivity index (χ0v) is 11.7. The number of ether oxygens (including phenoxy) is 1. The van der Waals surface area contributed by atoms with Crippen molar-refractivity contribution in [2.75, 3.05) is 13.7 Å². The van der Waals surface area contributed by atoms with Gasteiger partial charge in [-0.25, -0.2) is 4.79 Å². The van der Waals surface area contributed by atoms with E-state index in [0.717, 1.165) is 4.90 Å². The molecule has 0 heterocycles. The van der Waals surface area contributed by atoms with Gasteiger partial charge in [0.05, 0.1) is 31.7 Å². The Balaban J connectivity index is 2.16. The van der Waals surface area contributed by atoms with Crippen LogP contribution in [0.4, 0.5) is 4.79 Å². The van der Waals surface area contributed by atoms with E-state index in [4.69, 9.17) is 10.00 Å². The first-order valence-corrected chi connectivity index (χ1v) is 6.57. The molecule has 0 radical (unpaired) electrons. The predicted molar refractivity (Wildman–Crippen MR) is 74.3 cm³/mol. The molecule has 0 unspecified atom stereocenters. The van der Waals surface area contributed by atoms with E-state index in [0.29, 0.717) is 24.2 Å². The summed E-state index contributed by atoms with van der Waals surface area (Å²) < 4.78 is 5.05. The Labute approximate surface area is 122 Å². The molecule has 0 bridgehead atoms. The maximum absolute atomic E-state index is 12.3. The smallest absolute Gasteiger partial charge is 0.408 e. The number of nitriles is 1. The quantitative estimate of drug-likeness (QED) is 0.811. The van der Waals surface area contributed by atoms with Crippen molar-refractivity contribution in [1.29, 1.82) is 5.26 Å². The molecule has 1 amide bonds. The lowest BCUT2D eigenvalue weighted by molar-refractivity contribution is 0.0833. The maximum atomic E-state index is 12.3. The van der Waals surface area contributed by atoms with Crippen molar-refractivity contribution in [2.24, 2.45) is 0 Å². The monoisotopic (exact) mass is 288 g/mol. The molecule has 0 aliphatic heterocycles. The first kappa shape index (κ1) is 14.9. The van der Waals surface area contributed by atoms with Gasteiger partial charge in [0.2, 0.25) is 0 Å². The van der Waals surface area contributed by atoms with E-state index in [-0.39, 0.29) is 18.7 Å². The fraction of sp³-hybridized carbons (Fsp3) is 0.400. The van der Waals surface area contributed by atoms with Crippen molar-refractivity contribution in [3.05, 3.63) is 29.8 Å². The van der Waals surface area contributed by atoms with Gasteiger partial charge in [-0.2, -0.15) is 5.26 Å². The summed E-state index contributed by atoms with van der Waals surface area (Å²) in [7, 11) is 1.50. The van der Waals surface area contributed by atoms with Crippen molar-refractivity contribution in [3.63, 3.8) is 0 Å². The van der Waals surface area contributed by atoms with Gasteiger partial charge in [-0.15, -0.1) is 0 Å². The number of nitrogens with zero attached hydrogens (tertiary/aromatic N) is 2. The summed E-state index contributed by atoms with van der Waals surface area (Å²) in [6.07, 6.45) is 0.195. The fourth-order valence-electron chi connectivity index (χ4n) is 2.30. The summed E-state index contributed by atoms with van der Waals surface area (Å²) in [6, 6.07) is 8.59. The zero-order valence-electron chi connectivity index (χ0n) is 11.7. The van der Waals surface area contributed by atoms with Crippen LogP contribution in [0.25, 0.3) is 0 Å². The lowest BCUT2D eigenvalue weighted by atomic mass is 10.1. The minimum absolute atomic E-state index is 0.116. The van der Waals surface area contributed by atoms with Gasteiger partial charge >= 0.3 is 6.09 Å². The molecule has 1 aliphatic rings. The van der Waals surface area contributed by atoms with Crippen LogP contribution in [0.3, 0.4) is 0 Å². The second-order valence-corrected chi connectivity index (χ2v) is 5.08. The van der Waals surface area contributed by atoms with Crippen LogP contribution in [0.1, 0.15) is 29.6 Å². The van der Waals surface area contributed by atoms with Gasteiger partial charge in [-0.05, 0) is 25.0 Å². The topological polar surface area (TPSA) is 90.6 Å². The number of carboxylic acid groups (broad SMARTS) is 1. The summed E-state index contributed by atoms with van der Waals surface area (Å²) in [5, 5.41) is 18.1. The molecule has 2 rings (SSSR count). The molecule has 1 fully saturated rings. The molecule has 1 aliphatic carbocycles. The number of hydrogen-bond donors (Lipinski definition) is 1. The third-order valence-corrected chi connectivity index (χ3v) is 3.73. The Morgan fingerprint density at radius 1 is 1.48 bits per heavy atom. The number of amides is 1. The molecule has 1 aromatic rings. The van der Waals surface area contributed by atoms with Crippen LogP contribution in [0.2, 0.25) is 0 Å². The molecule has 1 saturated carbocycles. The van der Waals surface area contributed by atoms with E-state index in [9.17, 15) is 14.7 Å². The van der Waals surface area contributed by atoms with E-state index in [1.165, 1.54) is 7.11 Å². The second-order valence-electron chi connectivity index (χ2n) is 5.08. The minimum atomic E-state index is -1.17. The molecule has 21 heavy (non-hydrogen) atoms. The van der Waals surface area contributed by atoms with Crippen LogP contribution in [-0.2, 0) is 0 Å². The average Bonchev–Trinajstić information content (AvgIpc) is 3.25. The minimum Gasteiger partial charge on any atom is -0.497 e. The van der Waals surface area contributed by atoms with Crippen molar-refractivity contribution >= 4 is 11.9 Å². The summed E-state index contributed by atoms with van der Waals surface area (Å²) in [5.74, 6) is 0.237. The number of carbonyl (C=O) groups excluding carboxylic acids is 1. The van der Waals surface area contributed by atoms with Crippen LogP contribution in [0.5, 0.6) is 5.75 Å². The lowest BCUT2D eigenvalue weighted by Gasteiger charge is -2.27. The number of rotatable bonds is 6. The molecule has 6 nitrogen and oxygen atoms in total. The van der Waals surface area contributed by atoms with Gasteiger partial charge in [-0.3, -0.25) is 9.69 Å². The van der Waals surface area contributed by atoms with Gasteiger partial charge in [0, 0.05) is 5.56 Å². The molecule has 0 aromatic heterocycles. The Morgan fingerprint density at radius 3 is 2.71 bits per heavy atom. The summed E-state index contributed by atoms with van der Waals surface area (Å²) in [4.78, 5) is 24.7. The molecular weight excluding hydrogens is 272 g/mol. The highest BCUT2D eigenvalue weighted by molar-refractivity contribution is 5.99. The fourth-order valence-corrected chi connectivity index (χ4v) is 2.30. The van der Waals surface area contributed by atoms with E-state index >= 15 is 0 Å². The molecule has 1 N–H and O–H groups in total. The summed E-state index contributed by atoms with van der Waals surface area (Å²) in [5.41, 5.74) is -0.289. The molecule has 0 spiro atoms. The zero-order chi connectivity index (χ0) is 15.5.